The Morgan fingerprint density at radius 1 is 1.00 bits per heavy atom. The van der Waals surface area contributed by atoms with Crippen molar-refractivity contribution in [2.75, 3.05) is 32.7 Å². The van der Waals surface area contributed by atoms with Crippen LogP contribution in [0, 0.1) is 13.8 Å². The zero-order valence-electron chi connectivity index (χ0n) is 18.7. The number of carbonyl (C=O) groups excluding carboxylic acids is 2. The van der Waals surface area contributed by atoms with E-state index in [0.29, 0.717) is 30.1 Å². The molecule has 32 heavy (non-hydrogen) atoms. The second kappa shape index (κ2) is 10.2. The Labute approximate surface area is 189 Å². The highest BCUT2D eigenvalue weighted by Crippen LogP contribution is 2.26. The van der Waals surface area contributed by atoms with E-state index in [-0.39, 0.29) is 13.1 Å². The van der Waals surface area contributed by atoms with Crippen LogP contribution < -0.4 is 10.6 Å². The second-order valence-electron chi connectivity index (χ2n) is 7.87. The van der Waals surface area contributed by atoms with E-state index in [2.05, 4.69) is 10.6 Å². The fraction of sp³-hybridized carbons (Fsp3) is 0.391. The summed E-state index contributed by atoms with van der Waals surface area (Å²) in [6.45, 7) is 7.09. The van der Waals surface area contributed by atoms with Crippen LogP contribution >= 0.6 is 0 Å². The van der Waals surface area contributed by atoms with Crippen molar-refractivity contribution in [3.63, 3.8) is 0 Å². The first-order valence-electron chi connectivity index (χ1n) is 10.7. The lowest BCUT2D eigenvalue weighted by atomic mass is 10.0. The maximum absolute atomic E-state index is 13.2. The number of aryl methyl sites for hydroxylation is 2. The van der Waals surface area contributed by atoms with Gasteiger partial charge >= 0.3 is 6.03 Å². The van der Waals surface area contributed by atoms with E-state index in [1.165, 1.54) is 4.31 Å². The third kappa shape index (κ3) is 5.35. The molecule has 3 amide bonds. The summed E-state index contributed by atoms with van der Waals surface area (Å²) in [7, 11) is -3.63. The zero-order chi connectivity index (χ0) is 23.3. The lowest BCUT2D eigenvalue weighted by Crippen LogP contribution is -2.53. The number of benzene rings is 2. The molecule has 1 atom stereocenters. The summed E-state index contributed by atoms with van der Waals surface area (Å²) in [6, 6.07) is 13.4. The van der Waals surface area contributed by atoms with Gasteiger partial charge in [-0.1, -0.05) is 42.5 Å². The quantitative estimate of drug-likeness (QED) is 0.692. The molecule has 0 radical (unpaired) electrons. The normalized spacial score (nSPS) is 16.3. The van der Waals surface area contributed by atoms with E-state index in [1.54, 1.807) is 19.9 Å². The number of hydrogen-bond donors (Lipinski definition) is 2. The minimum absolute atomic E-state index is 0.257. The van der Waals surface area contributed by atoms with Gasteiger partial charge in [0.1, 0.15) is 6.04 Å². The number of hydrogen-bond acceptors (Lipinski definition) is 5. The van der Waals surface area contributed by atoms with E-state index >= 15 is 0 Å². The van der Waals surface area contributed by atoms with Crippen LogP contribution in [-0.2, 0) is 14.8 Å². The molecule has 1 saturated heterocycles. The monoisotopic (exact) mass is 458 g/mol. The highest BCUT2D eigenvalue weighted by molar-refractivity contribution is 7.89. The summed E-state index contributed by atoms with van der Waals surface area (Å²) < 4.78 is 27.9. The number of imide groups is 1. The van der Waals surface area contributed by atoms with Gasteiger partial charge in [-0.25, -0.2) is 13.2 Å². The zero-order valence-corrected chi connectivity index (χ0v) is 19.5. The van der Waals surface area contributed by atoms with Gasteiger partial charge in [-0.3, -0.25) is 15.0 Å². The molecule has 1 fully saturated rings. The van der Waals surface area contributed by atoms with Crippen molar-refractivity contribution in [3.8, 4) is 0 Å². The first kappa shape index (κ1) is 23.9. The molecule has 0 aliphatic carbocycles. The lowest BCUT2D eigenvalue weighted by Gasteiger charge is -2.38. The van der Waals surface area contributed by atoms with E-state index in [4.69, 9.17) is 0 Å². The fourth-order valence-electron chi connectivity index (χ4n) is 3.87. The Hall–Kier alpha value is -2.75. The molecule has 0 bridgehead atoms. The van der Waals surface area contributed by atoms with Crippen molar-refractivity contribution in [2.24, 2.45) is 0 Å². The van der Waals surface area contributed by atoms with Crippen LogP contribution in [0.1, 0.15) is 29.7 Å². The molecular formula is C23H30N4O4S. The number of amides is 3. The molecule has 2 aromatic carbocycles. The molecule has 0 aromatic heterocycles. The first-order chi connectivity index (χ1) is 15.2. The second-order valence-corrected chi connectivity index (χ2v) is 9.78. The van der Waals surface area contributed by atoms with Gasteiger partial charge in [0, 0.05) is 32.7 Å². The molecule has 1 aliphatic heterocycles. The van der Waals surface area contributed by atoms with Gasteiger partial charge in [0.2, 0.25) is 15.9 Å². The molecule has 172 valence electrons. The summed E-state index contributed by atoms with van der Waals surface area (Å²) >= 11 is 0. The van der Waals surface area contributed by atoms with Gasteiger partial charge in [-0.2, -0.15) is 4.31 Å². The smallest absolute Gasteiger partial charge is 0.321 e. The van der Waals surface area contributed by atoms with E-state index in [9.17, 15) is 18.0 Å². The number of nitrogens with zero attached hydrogens (tertiary/aromatic N) is 2. The highest BCUT2D eigenvalue weighted by atomic mass is 32.2. The SMILES string of the molecule is CCNC(=O)NC(=O)C(c1ccccc1)N1CCN(S(=O)(=O)c2cc(C)ccc2C)CC1. The molecule has 2 aromatic rings. The predicted molar refractivity (Wildman–Crippen MR) is 123 cm³/mol. The van der Waals surface area contributed by atoms with E-state index in [0.717, 1.165) is 11.1 Å². The van der Waals surface area contributed by atoms with Crippen LogP contribution in [0.15, 0.2) is 53.4 Å². The van der Waals surface area contributed by atoms with Crippen LogP contribution in [0.4, 0.5) is 4.79 Å². The van der Waals surface area contributed by atoms with Crippen molar-refractivity contribution in [1.82, 2.24) is 19.8 Å². The van der Waals surface area contributed by atoms with Gasteiger partial charge < -0.3 is 5.32 Å². The number of urea groups is 1. The molecule has 0 saturated carbocycles. The molecule has 3 rings (SSSR count). The number of sulfonamides is 1. The maximum Gasteiger partial charge on any atom is 0.321 e. The lowest BCUT2D eigenvalue weighted by molar-refractivity contribution is -0.126. The number of piperazine rings is 1. The Kier molecular flexibility index (Phi) is 7.65. The van der Waals surface area contributed by atoms with Crippen LogP contribution in [0.25, 0.3) is 0 Å². The summed E-state index contributed by atoms with van der Waals surface area (Å²) in [6.07, 6.45) is 0. The highest BCUT2D eigenvalue weighted by Gasteiger charge is 2.35. The summed E-state index contributed by atoms with van der Waals surface area (Å²) in [5, 5.41) is 4.96. The third-order valence-corrected chi connectivity index (χ3v) is 7.58. The van der Waals surface area contributed by atoms with E-state index in [1.807, 2.05) is 54.3 Å². The third-order valence-electron chi connectivity index (χ3n) is 5.54. The molecule has 2 N–H and O–H groups in total. The Morgan fingerprint density at radius 2 is 1.66 bits per heavy atom. The van der Waals surface area contributed by atoms with Gasteiger partial charge in [0.15, 0.2) is 0 Å². The van der Waals surface area contributed by atoms with Crippen molar-refractivity contribution < 1.29 is 18.0 Å². The van der Waals surface area contributed by atoms with Crippen molar-refractivity contribution in [3.05, 3.63) is 65.2 Å². The molecule has 0 spiro atoms. The number of carbonyl (C=O) groups is 2. The van der Waals surface area contributed by atoms with Crippen molar-refractivity contribution in [2.45, 2.75) is 31.7 Å². The molecule has 8 nitrogen and oxygen atoms in total. The van der Waals surface area contributed by atoms with E-state index < -0.39 is 28.0 Å². The molecule has 9 heteroatoms. The van der Waals surface area contributed by atoms with Crippen LogP contribution in [-0.4, -0.2) is 62.3 Å². The minimum Gasteiger partial charge on any atom is -0.338 e. The maximum atomic E-state index is 13.2. The van der Waals surface area contributed by atoms with Gasteiger partial charge in [0.25, 0.3) is 0 Å². The predicted octanol–water partition coefficient (Wildman–Crippen LogP) is 2.20. The Morgan fingerprint density at radius 3 is 2.28 bits per heavy atom. The van der Waals surface area contributed by atoms with Crippen LogP contribution in [0.2, 0.25) is 0 Å². The summed E-state index contributed by atoms with van der Waals surface area (Å²) in [5.74, 6) is -0.437. The number of nitrogens with one attached hydrogen (secondary N) is 2. The number of rotatable bonds is 6. The topological polar surface area (TPSA) is 98.8 Å². The van der Waals surface area contributed by atoms with Gasteiger partial charge in [-0.05, 0) is 43.5 Å². The first-order valence-corrected chi connectivity index (χ1v) is 12.1. The summed E-state index contributed by atoms with van der Waals surface area (Å²) in [4.78, 5) is 27.1. The minimum atomic E-state index is -3.63. The molecule has 1 heterocycles. The average Bonchev–Trinajstić information content (AvgIpc) is 2.77. The van der Waals surface area contributed by atoms with Crippen LogP contribution in [0.5, 0.6) is 0 Å². The standard InChI is InChI=1S/C23H30N4O4S/c1-4-24-23(29)25-22(28)21(19-8-6-5-7-9-19)26-12-14-27(15-13-26)32(30,31)20-16-17(2)10-11-18(20)3/h5-11,16,21H,4,12-15H2,1-3H3,(H2,24,25,28,29). The Balaban J connectivity index is 1.78. The average molecular weight is 459 g/mol. The molecule has 1 unspecified atom stereocenters. The van der Waals surface area contributed by atoms with Gasteiger partial charge in [0.05, 0.1) is 4.90 Å². The largest absolute Gasteiger partial charge is 0.338 e. The molecule has 1 aliphatic rings. The summed E-state index contributed by atoms with van der Waals surface area (Å²) in [5.41, 5.74) is 2.35. The van der Waals surface area contributed by atoms with Crippen LogP contribution in [0.3, 0.4) is 0 Å². The van der Waals surface area contributed by atoms with Crippen molar-refractivity contribution >= 4 is 22.0 Å². The van der Waals surface area contributed by atoms with Crippen molar-refractivity contribution in [1.29, 1.82) is 0 Å². The fourth-order valence-corrected chi connectivity index (χ4v) is 5.61. The Bertz CT molecular complexity index is 1060. The molecular weight excluding hydrogens is 428 g/mol. The van der Waals surface area contributed by atoms with Gasteiger partial charge in [-0.15, -0.1) is 0 Å².